The highest BCUT2D eigenvalue weighted by Crippen LogP contribution is 2.20. The minimum atomic E-state index is -0.677. The molecule has 0 spiro atoms. The molecule has 0 fully saturated rings. The van der Waals surface area contributed by atoms with E-state index in [4.69, 9.17) is 9.84 Å². The summed E-state index contributed by atoms with van der Waals surface area (Å²) < 4.78 is 6.08. The van der Waals surface area contributed by atoms with Gasteiger partial charge in [-0.05, 0) is 38.5 Å². The average Bonchev–Trinajstić information content (AvgIpc) is 3.13. The zero-order chi connectivity index (χ0) is 37.8. The molecule has 1 atom stereocenters. The van der Waals surface area contributed by atoms with Crippen molar-refractivity contribution in [3.05, 3.63) is 0 Å². The van der Waals surface area contributed by atoms with E-state index in [-0.39, 0.29) is 12.1 Å². The largest absolute Gasteiger partial charge is 0.481 e. The molecule has 1 unspecified atom stereocenters. The van der Waals surface area contributed by atoms with Crippen LogP contribution in [-0.4, -0.2) is 23.1 Å². The number of carboxylic acids is 1. The average molecular weight is 735 g/mol. The van der Waals surface area contributed by atoms with Crippen LogP contribution < -0.4 is 0 Å². The lowest BCUT2D eigenvalue weighted by Gasteiger charge is -2.18. The normalized spacial score (nSPS) is 12.0. The molecule has 310 valence electrons. The monoisotopic (exact) mass is 735 g/mol. The molecule has 0 amide bonds. The molecule has 0 aliphatic rings. The van der Waals surface area contributed by atoms with Crippen molar-refractivity contribution in [2.24, 2.45) is 0 Å². The molecule has 0 saturated heterocycles. The molecule has 0 aliphatic heterocycles. The Morgan fingerprint density at radius 2 is 0.577 bits per heavy atom. The minimum Gasteiger partial charge on any atom is -0.481 e. The summed E-state index contributed by atoms with van der Waals surface area (Å²) >= 11 is 0. The second-order valence-electron chi connectivity index (χ2n) is 16.7. The molecule has 0 rings (SSSR count). The van der Waals surface area contributed by atoms with Gasteiger partial charge in [-0.1, -0.05) is 239 Å². The van der Waals surface area contributed by atoms with E-state index in [1.807, 2.05) is 0 Å². The highest BCUT2D eigenvalue weighted by atomic mass is 16.5. The number of ether oxygens (including phenoxy) is 1. The lowest BCUT2D eigenvalue weighted by Crippen LogP contribution is -2.18. The first-order valence-electron chi connectivity index (χ1n) is 24.0. The number of carboxylic acid groups (broad SMARTS) is 1. The summed E-state index contributed by atoms with van der Waals surface area (Å²) in [6.07, 6.45) is 54.4. The van der Waals surface area contributed by atoms with Crippen LogP contribution in [-0.2, 0) is 14.3 Å². The standard InChI is InChI=1S/C48H94O4/c1-3-5-7-9-11-13-15-16-17-18-19-20-21-22-23-24-25-27-33-37-41-45-48(51)52-46(42-38-34-30-26-14-12-10-8-6-4-2)43-39-35-31-28-29-32-36-40-44-47(49)50/h46H,3-45H2,1-2H3,(H,49,50). The Labute approximate surface area is 326 Å². The molecule has 0 aromatic carbocycles. The van der Waals surface area contributed by atoms with Crippen molar-refractivity contribution in [3.63, 3.8) is 0 Å². The van der Waals surface area contributed by atoms with E-state index in [2.05, 4.69) is 13.8 Å². The van der Waals surface area contributed by atoms with Crippen LogP contribution >= 0.6 is 0 Å². The predicted molar refractivity (Wildman–Crippen MR) is 227 cm³/mol. The number of hydrogen-bond donors (Lipinski definition) is 1. The van der Waals surface area contributed by atoms with Gasteiger partial charge in [0.15, 0.2) is 0 Å². The first-order valence-corrected chi connectivity index (χ1v) is 24.0. The highest BCUT2D eigenvalue weighted by molar-refractivity contribution is 5.69. The van der Waals surface area contributed by atoms with Crippen LogP contribution in [0.2, 0.25) is 0 Å². The zero-order valence-electron chi connectivity index (χ0n) is 35.7. The topological polar surface area (TPSA) is 63.6 Å². The summed E-state index contributed by atoms with van der Waals surface area (Å²) in [5, 5.41) is 8.77. The predicted octanol–water partition coefficient (Wildman–Crippen LogP) is 16.8. The van der Waals surface area contributed by atoms with Crippen molar-refractivity contribution in [1.82, 2.24) is 0 Å². The summed E-state index contributed by atoms with van der Waals surface area (Å²) in [7, 11) is 0. The molecule has 0 aromatic heterocycles. The van der Waals surface area contributed by atoms with E-state index in [0.29, 0.717) is 12.8 Å². The quantitative estimate of drug-likeness (QED) is 0.0500. The number of esters is 1. The smallest absolute Gasteiger partial charge is 0.306 e. The molecule has 0 bridgehead atoms. The Kier molecular flexibility index (Phi) is 43.4. The van der Waals surface area contributed by atoms with E-state index in [0.717, 1.165) is 51.4 Å². The second-order valence-corrected chi connectivity index (χ2v) is 16.7. The van der Waals surface area contributed by atoms with Crippen molar-refractivity contribution < 1.29 is 19.4 Å². The van der Waals surface area contributed by atoms with E-state index in [1.54, 1.807) is 0 Å². The maximum Gasteiger partial charge on any atom is 0.306 e. The molecular weight excluding hydrogens is 641 g/mol. The van der Waals surface area contributed by atoms with Crippen LogP contribution in [0.4, 0.5) is 0 Å². The fourth-order valence-corrected chi connectivity index (χ4v) is 7.78. The molecule has 4 nitrogen and oxygen atoms in total. The van der Waals surface area contributed by atoms with Crippen LogP contribution in [0.3, 0.4) is 0 Å². The maximum absolute atomic E-state index is 12.8. The zero-order valence-corrected chi connectivity index (χ0v) is 35.7. The molecule has 0 aliphatic carbocycles. The van der Waals surface area contributed by atoms with Crippen molar-refractivity contribution in [1.29, 1.82) is 0 Å². The van der Waals surface area contributed by atoms with Gasteiger partial charge >= 0.3 is 11.9 Å². The molecule has 0 heterocycles. The summed E-state index contributed by atoms with van der Waals surface area (Å²) in [5.74, 6) is -0.639. The molecule has 52 heavy (non-hydrogen) atoms. The van der Waals surface area contributed by atoms with Crippen molar-refractivity contribution >= 4 is 11.9 Å². The lowest BCUT2D eigenvalue weighted by atomic mass is 10.0. The Morgan fingerprint density at radius 1 is 0.346 bits per heavy atom. The first-order chi connectivity index (χ1) is 25.6. The van der Waals surface area contributed by atoms with Crippen LogP contribution in [0.15, 0.2) is 0 Å². The minimum absolute atomic E-state index is 0.0382. The number of carbonyl (C=O) groups is 2. The van der Waals surface area contributed by atoms with Gasteiger partial charge in [-0.15, -0.1) is 0 Å². The van der Waals surface area contributed by atoms with Crippen molar-refractivity contribution in [3.8, 4) is 0 Å². The maximum atomic E-state index is 12.8. The van der Waals surface area contributed by atoms with Gasteiger partial charge in [0.05, 0.1) is 0 Å². The number of aliphatic carboxylic acids is 1. The SMILES string of the molecule is CCCCCCCCCCCCCCCCCCCCCCCC(=O)OC(CCCCCCCCCCCC)CCCCCCCCCCC(=O)O. The fraction of sp³-hybridized carbons (Fsp3) is 0.958. The van der Waals surface area contributed by atoms with E-state index in [1.165, 1.54) is 212 Å². The number of rotatable bonds is 45. The van der Waals surface area contributed by atoms with Crippen molar-refractivity contribution in [2.45, 2.75) is 296 Å². The summed E-state index contributed by atoms with van der Waals surface area (Å²) in [4.78, 5) is 23.4. The van der Waals surface area contributed by atoms with Gasteiger partial charge in [0.2, 0.25) is 0 Å². The second kappa shape index (κ2) is 44.3. The first kappa shape index (κ1) is 50.9. The number of carbonyl (C=O) groups excluding carboxylic acids is 1. The van der Waals surface area contributed by atoms with E-state index < -0.39 is 5.97 Å². The number of hydrogen-bond acceptors (Lipinski definition) is 3. The summed E-state index contributed by atoms with van der Waals surface area (Å²) in [6, 6.07) is 0. The van der Waals surface area contributed by atoms with Gasteiger partial charge in [0.1, 0.15) is 6.10 Å². The van der Waals surface area contributed by atoms with Crippen LogP contribution in [0.5, 0.6) is 0 Å². The van der Waals surface area contributed by atoms with Gasteiger partial charge in [-0.2, -0.15) is 0 Å². The summed E-state index contributed by atoms with van der Waals surface area (Å²) in [6.45, 7) is 4.58. The molecule has 1 N–H and O–H groups in total. The Bertz CT molecular complexity index is 706. The summed E-state index contributed by atoms with van der Waals surface area (Å²) in [5.41, 5.74) is 0. The Morgan fingerprint density at radius 3 is 0.846 bits per heavy atom. The van der Waals surface area contributed by atoms with Gasteiger partial charge in [-0.3, -0.25) is 9.59 Å². The van der Waals surface area contributed by atoms with Crippen molar-refractivity contribution in [2.75, 3.05) is 0 Å². The Hall–Kier alpha value is -1.06. The van der Waals surface area contributed by atoms with E-state index >= 15 is 0 Å². The van der Waals surface area contributed by atoms with Gasteiger partial charge in [-0.25, -0.2) is 0 Å². The van der Waals surface area contributed by atoms with Crippen LogP contribution in [0.25, 0.3) is 0 Å². The third-order valence-corrected chi connectivity index (χ3v) is 11.3. The van der Waals surface area contributed by atoms with Crippen LogP contribution in [0.1, 0.15) is 290 Å². The molecular formula is C48H94O4. The molecule has 0 saturated carbocycles. The highest BCUT2D eigenvalue weighted by Gasteiger charge is 2.14. The van der Waals surface area contributed by atoms with E-state index in [9.17, 15) is 9.59 Å². The third-order valence-electron chi connectivity index (χ3n) is 11.3. The number of unbranched alkanes of at least 4 members (excludes halogenated alkanes) is 36. The molecule has 4 heteroatoms. The van der Waals surface area contributed by atoms with Gasteiger partial charge in [0, 0.05) is 12.8 Å². The molecule has 0 radical (unpaired) electrons. The van der Waals surface area contributed by atoms with Gasteiger partial charge < -0.3 is 9.84 Å². The fourth-order valence-electron chi connectivity index (χ4n) is 7.78. The third kappa shape index (κ3) is 43.3. The molecule has 0 aromatic rings. The lowest BCUT2D eigenvalue weighted by molar-refractivity contribution is -0.150. The Balaban J connectivity index is 3.89. The van der Waals surface area contributed by atoms with Gasteiger partial charge in [0.25, 0.3) is 0 Å². The van der Waals surface area contributed by atoms with Crippen LogP contribution in [0, 0.1) is 0 Å².